The third kappa shape index (κ3) is 1.96. The van der Waals surface area contributed by atoms with E-state index in [9.17, 15) is 9.59 Å². The largest absolute Gasteiger partial charge is 0.369 e. The highest BCUT2D eigenvalue weighted by molar-refractivity contribution is 6.29. The van der Waals surface area contributed by atoms with Crippen LogP contribution in [-0.2, 0) is 9.59 Å². The third-order valence-electron chi connectivity index (χ3n) is 2.45. The first-order valence-electron chi connectivity index (χ1n) is 4.66. The molecule has 7 heteroatoms. The van der Waals surface area contributed by atoms with Crippen LogP contribution in [0.15, 0.2) is 12.3 Å². The van der Waals surface area contributed by atoms with Crippen molar-refractivity contribution in [3.8, 4) is 0 Å². The zero-order chi connectivity index (χ0) is 11.7. The maximum absolute atomic E-state index is 11.6. The summed E-state index contributed by atoms with van der Waals surface area (Å²) in [6, 6.07) is 1.52. The maximum Gasteiger partial charge on any atom is 0.227 e. The number of hydrogen-bond acceptors (Lipinski definition) is 4. The number of primary amides is 1. The van der Waals surface area contributed by atoms with Gasteiger partial charge in [-0.1, -0.05) is 11.6 Å². The minimum atomic E-state index is -0.469. The van der Waals surface area contributed by atoms with E-state index < -0.39 is 11.8 Å². The Bertz CT molecular complexity index is 451. The molecule has 1 aliphatic rings. The van der Waals surface area contributed by atoms with E-state index in [1.54, 1.807) is 0 Å². The summed E-state index contributed by atoms with van der Waals surface area (Å²) in [5.74, 6) is -1.07. The minimum Gasteiger partial charge on any atom is -0.369 e. The monoisotopic (exact) mass is 240 g/mol. The van der Waals surface area contributed by atoms with Crippen LogP contribution in [0.4, 0.5) is 5.69 Å². The molecule has 1 unspecified atom stereocenters. The number of hydrogen-bond donors (Lipinski definition) is 1. The first kappa shape index (κ1) is 10.8. The average molecular weight is 241 g/mol. The number of nitrogens with zero attached hydrogens (tertiary/aromatic N) is 3. The molecule has 2 amide bonds. The van der Waals surface area contributed by atoms with Gasteiger partial charge in [-0.2, -0.15) is 5.10 Å². The van der Waals surface area contributed by atoms with Gasteiger partial charge in [0.15, 0.2) is 5.15 Å². The fraction of sp³-hybridized carbons (Fsp3) is 0.333. The standard InChI is InChI=1S/C9H9ClN4O2/c10-7-2-6(3-12-13-7)14-4-5(9(11)16)1-8(14)15/h2-3,5H,1,4H2,(H2,11,16). The maximum atomic E-state index is 11.6. The first-order chi connectivity index (χ1) is 7.58. The van der Waals surface area contributed by atoms with Crippen LogP contribution in [0.5, 0.6) is 0 Å². The highest BCUT2D eigenvalue weighted by Crippen LogP contribution is 2.25. The zero-order valence-corrected chi connectivity index (χ0v) is 9.02. The Balaban J connectivity index is 2.23. The predicted molar refractivity (Wildman–Crippen MR) is 56.7 cm³/mol. The van der Waals surface area contributed by atoms with E-state index in [0.717, 1.165) is 0 Å². The Morgan fingerprint density at radius 1 is 1.62 bits per heavy atom. The molecule has 1 aliphatic heterocycles. The molecular weight excluding hydrogens is 232 g/mol. The van der Waals surface area contributed by atoms with Crippen LogP contribution >= 0.6 is 11.6 Å². The number of carbonyl (C=O) groups is 2. The Morgan fingerprint density at radius 3 is 2.94 bits per heavy atom. The second-order valence-electron chi connectivity index (χ2n) is 3.54. The van der Waals surface area contributed by atoms with Crippen molar-refractivity contribution in [1.29, 1.82) is 0 Å². The Labute approximate surface area is 96.4 Å². The van der Waals surface area contributed by atoms with Crippen LogP contribution in [0.1, 0.15) is 6.42 Å². The van der Waals surface area contributed by atoms with Gasteiger partial charge in [-0.15, -0.1) is 5.10 Å². The number of halogens is 1. The molecule has 0 bridgehead atoms. The van der Waals surface area contributed by atoms with Crippen molar-refractivity contribution in [2.45, 2.75) is 6.42 Å². The molecule has 1 fully saturated rings. The Morgan fingerprint density at radius 2 is 2.38 bits per heavy atom. The van der Waals surface area contributed by atoms with E-state index >= 15 is 0 Å². The minimum absolute atomic E-state index is 0.134. The Hall–Kier alpha value is -1.69. The fourth-order valence-electron chi connectivity index (χ4n) is 1.63. The molecule has 0 saturated carbocycles. The number of anilines is 1. The van der Waals surface area contributed by atoms with Gasteiger partial charge in [-0.25, -0.2) is 0 Å². The summed E-state index contributed by atoms with van der Waals surface area (Å²) < 4.78 is 0. The summed E-state index contributed by atoms with van der Waals surface area (Å²) in [6.45, 7) is 0.274. The van der Waals surface area contributed by atoms with E-state index in [2.05, 4.69) is 10.2 Å². The summed E-state index contributed by atoms with van der Waals surface area (Å²) in [5.41, 5.74) is 5.69. The summed E-state index contributed by atoms with van der Waals surface area (Å²) in [6.07, 6.45) is 1.56. The molecule has 6 nitrogen and oxygen atoms in total. The van der Waals surface area contributed by atoms with Crippen molar-refractivity contribution in [1.82, 2.24) is 10.2 Å². The number of aromatic nitrogens is 2. The molecule has 1 saturated heterocycles. The van der Waals surface area contributed by atoms with Crippen LogP contribution < -0.4 is 10.6 Å². The lowest BCUT2D eigenvalue weighted by molar-refractivity contribution is -0.123. The van der Waals surface area contributed by atoms with Crippen molar-refractivity contribution < 1.29 is 9.59 Å². The lowest BCUT2D eigenvalue weighted by Crippen LogP contribution is -2.28. The van der Waals surface area contributed by atoms with E-state index in [0.29, 0.717) is 5.69 Å². The van der Waals surface area contributed by atoms with Gasteiger partial charge < -0.3 is 10.6 Å². The lowest BCUT2D eigenvalue weighted by atomic mass is 10.1. The summed E-state index contributed by atoms with van der Waals surface area (Å²) in [5, 5.41) is 7.42. The average Bonchev–Trinajstić information content (AvgIpc) is 2.60. The molecule has 1 aromatic heterocycles. The molecule has 2 N–H and O–H groups in total. The molecule has 0 spiro atoms. The van der Waals surface area contributed by atoms with Gasteiger partial charge in [0.05, 0.1) is 17.8 Å². The first-order valence-corrected chi connectivity index (χ1v) is 5.03. The van der Waals surface area contributed by atoms with E-state index in [-0.39, 0.29) is 24.0 Å². The molecule has 2 rings (SSSR count). The molecule has 16 heavy (non-hydrogen) atoms. The summed E-state index contributed by atoms with van der Waals surface area (Å²) in [7, 11) is 0. The third-order valence-corrected chi connectivity index (χ3v) is 2.63. The quantitative estimate of drug-likeness (QED) is 0.786. The highest BCUT2D eigenvalue weighted by atomic mass is 35.5. The predicted octanol–water partition coefficient (Wildman–Crippen LogP) is -0.0318. The molecule has 1 atom stereocenters. The van der Waals surface area contributed by atoms with Gasteiger partial charge in [0.2, 0.25) is 11.8 Å². The van der Waals surface area contributed by atoms with Crippen molar-refractivity contribution in [2.24, 2.45) is 11.7 Å². The van der Waals surface area contributed by atoms with Crippen molar-refractivity contribution >= 4 is 29.1 Å². The molecule has 0 aromatic carbocycles. The van der Waals surface area contributed by atoms with Crippen LogP contribution in [-0.4, -0.2) is 28.6 Å². The highest BCUT2D eigenvalue weighted by Gasteiger charge is 2.34. The van der Waals surface area contributed by atoms with Gasteiger partial charge in [-0.3, -0.25) is 9.59 Å². The van der Waals surface area contributed by atoms with Crippen LogP contribution in [0.2, 0.25) is 5.15 Å². The second-order valence-corrected chi connectivity index (χ2v) is 3.93. The van der Waals surface area contributed by atoms with E-state index in [1.807, 2.05) is 0 Å². The molecule has 84 valence electrons. The van der Waals surface area contributed by atoms with Gasteiger partial charge in [0.25, 0.3) is 0 Å². The molecule has 0 aliphatic carbocycles. The second kappa shape index (κ2) is 4.05. The molecular formula is C9H9ClN4O2. The topological polar surface area (TPSA) is 89.2 Å². The summed E-state index contributed by atoms with van der Waals surface area (Å²) in [4.78, 5) is 24.0. The van der Waals surface area contributed by atoms with Gasteiger partial charge in [-0.05, 0) is 0 Å². The normalized spacial score (nSPS) is 20.2. The number of carbonyl (C=O) groups excluding carboxylic acids is 2. The molecule has 2 heterocycles. The zero-order valence-electron chi connectivity index (χ0n) is 8.26. The van der Waals surface area contributed by atoms with Crippen LogP contribution in [0.25, 0.3) is 0 Å². The fourth-order valence-corrected chi connectivity index (χ4v) is 1.78. The van der Waals surface area contributed by atoms with Crippen LogP contribution in [0.3, 0.4) is 0 Å². The van der Waals surface area contributed by atoms with Gasteiger partial charge >= 0.3 is 0 Å². The van der Waals surface area contributed by atoms with Gasteiger partial charge in [0, 0.05) is 19.0 Å². The Kier molecular flexibility index (Phi) is 2.74. The van der Waals surface area contributed by atoms with Crippen molar-refractivity contribution in [2.75, 3.05) is 11.4 Å². The lowest BCUT2D eigenvalue weighted by Gasteiger charge is -2.15. The SMILES string of the molecule is NC(=O)C1CC(=O)N(c2cnnc(Cl)c2)C1. The smallest absolute Gasteiger partial charge is 0.227 e. The molecule has 0 radical (unpaired) electrons. The van der Waals surface area contributed by atoms with Crippen molar-refractivity contribution in [3.63, 3.8) is 0 Å². The van der Waals surface area contributed by atoms with Crippen molar-refractivity contribution in [3.05, 3.63) is 17.4 Å². The van der Waals surface area contributed by atoms with Gasteiger partial charge in [0.1, 0.15) is 0 Å². The van der Waals surface area contributed by atoms with E-state index in [4.69, 9.17) is 17.3 Å². The number of rotatable bonds is 2. The number of amides is 2. The summed E-state index contributed by atoms with van der Waals surface area (Å²) >= 11 is 5.67. The molecule has 1 aromatic rings. The number of nitrogens with two attached hydrogens (primary N) is 1. The van der Waals surface area contributed by atoms with E-state index in [1.165, 1.54) is 17.2 Å². The van der Waals surface area contributed by atoms with Crippen LogP contribution in [0, 0.1) is 5.92 Å².